The van der Waals surface area contributed by atoms with Crippen LogP contribution in [0.2, 0.25) is 0 Å². The van der Waals surface area contributed by atoms with E-state index in [-0.39, 0.29) is 30.2 Å². The highest BCUT2D eigenvalue weighted by Crippen LogP contribution is 2.35. The van der Waals surface area contributed by atoms with E-state index in [0.29, 0.717) is 17.8 Å². The van der Waals surface area contributed by atoms with Crippen molar-refractivity contribution in [1.29, 1.82) is 0 Å². The molecule has 2 amide bonds. The number of nitrogens with zero attached hydrogens (tertiary/aromatic N) is 2. The molecule has 1 saturated carbocycles. The van der Waals surface area contributed by atoms with Crippen molar-refractivity contribution in [2.75, 3.05) is 0 Å². The van der Waals surface area contributed by atoms with Crippen LogP contribution in [0.25, 0.3) is 11.1 Å². The Morgan fingerprint density at radius 3 is 2.62 bits per heavy atom. The third kappa shape index (κ3) is 3.49. The van der Waals surface area contributed by atoms with Crippen molar-refractivity contribution in [2.24, 2.45) is 0 Å². The van der Waals surface area contributed by atoms with E-state index in [4.69, 9.17) is 4.42 Å². The zero-order chi connectivity index (χ0) is 22.5. The highest BCUT2D eigenvalue weighted by Gasteiger charge is 2.48. The summed E-state index contributed by atoms with van der Waals surface area (Å²) in [6.07, 6.45) is 5.35. The number of halogens is 1. The van der Waals surface area contributed by atoms with Crippen LogP contribution in [0, 0.1) is 12.7 Å². The van der Waals surface area contributed by atoms with E-state index in [9.17, 15) is 14.0 Å². The predicted molar refractivity (Wildman–Crippen MR) is 119 cm³/mol. The van der Waals surface area contributed by atoms with Gasteiger partial charge < -0.3 is 19.2 Å². The van der Waals surface area contributed by atoms with Crippen LogP contribution in [0.5, 0.6) is 0 Å². The second kappa shape index (κ2) is 7.80. The van der Waals surface area contributed by atoms with Gasteiger partial charge in [0.25, 0.3) is 5.91 Å². The number of rotatable bonds is 4. The average Bonchev–Trinajstić information content (AvgIpc) is 3.30. The van der Waals surface area contributed by atoms with Gasteiger partial charge in [-0.05, 0) is 44.4 Å². The Morgan fingerprint density at radius 2 is 1.91 bits per heavy atom. The first kappa shape index (κ1) is 20.8. The molecule has 5 rings (SSSR count). The second-order valence-electron chi connectivity index (χ2n) is 9.32. The van der Waals surface area contributed by atoms with E-state index in [1.165, 1.54) is 18.6 Å². The van der Waals surface area contributed by atoms with Gasteiger partial charge in [0.15, 0.2) is 5.58 Å². The molecule has 7 heteroatoms. The number of carbonyl (C=O) groups is 2. The molecule has 6 nitrogen and oxygen atoms in total. The van der Waals surface area contributed by atoms with Crippen LogP contribution in [0.4, 0.5) is 4.39 Å². The van der Waals surface area contributed by atoms with Crippen LogP contribution < -0.4 is 5.32 Å². The number of carbonyl (C=O) groups excluding carboxylic acids is 2. The molecule has 1 unspecified atom stereocenters. The normalized spacial score (nSPS) is 21.7. The Kier molecular flexibility index (Phi) is 5.07. The monoisotopic (exact) mass is 437 g/mol. The lowest BCUT2D eigenvalue weighted by Crippen LogP contribution is -2.64. The third-order valence-electron chi connectivity index (χ3n) is 6.92. The summed E-state index contributed by atoms with van der Waals surface area (Å²) >= 11 is 0. The van der Waals surface area contributed by atoms with Crippen molar-refractivity contribution >= 4 is 22.9 Å². The SMILES string of the molecule is Cc1cc2c(cc3n2CC(C)(C(=O)NC2CCCCC2)N(Cc2ccc(F)cc2)C3=O)o1. The predicted octanol–water partition coefficient (Wildman–Crippen LogP) is 4.55. The standard InChI is InChI=1S/C25H28FN3O3/c1-16-12-20-22(32-16)13-21-23(30)29(14-17-8-10-18(26)11-9-17)25(2,15-28(20)21)24(31)27-19-6-4-3-5-7-19/h8-13,19H,3-7,14-15H2,1-2H3,(H,27,31). The average molecular weight is 438 g/mol. The number of nitrogens with one attached hydrogen (secondary N) is 1. The lowest BCUT2D eigenvalue weighted by molar-refractivity contribution is -0.134. The molecule has 2 aliphatic rings. The Balaban J connectivity index is 1.54. The van der Waals surface area contributed by atoms with Gasteiger partial charge in [0.2, 0.25) is 5.91 Å². The summed E-state index contributed by atoms with van der Waals surface area (Å²) in [6.45, 7) is 4.25. The van der Waals surface area contributed by atoms with E-state index in [1.54, 1.807) is 23.1 Å². The van der Waals surface area contributed by atoms with Gasteiger partial charge in [0.05, 0.1) is 12.1 Å². The van der Waals surface area contributed by atoms with Gasteiger partial charge in [0, 0.05) is 24.7 Å². The molecule has 3 heterocycles. The highest BCUT2D eigenvalue weighted by molar-refractivity contribution is 6.03. The third-order valence-corrected chi connectivity index (χ3v) is 6.92. The number of aromatic nitrogens is 1. The summed E-state index contributed by atoms with van der Waals surface area (Å²) in [5.41, 5.74) is 1.65. The molecule has 0 spiro atoms. The largest absolute Gasteiger partial charge is 0.460 e. The van der Waals surface area contributed by atoms with Crippen molar-refractivity contribution in [1.82, 2.24) is 14.8 Å². The summed E-state index contributed by atoms with van der Waals surface area (Å²) < 4.78 is 21.1. The van der Waals surface area contributed by atoms with Crippen LogP contribution in [-0.2, 0) is 17.9 Å². The number of hydrogen-bond donors (Lipinski definition) is 1. The van der Waals surface area contributed by atoms with E-state index < -0.39 is 5.54 Å². The lowest BCUT2D eigenvalue weighted by Gasteiger charge is -2.44. The smallest absolute Gasteiger partial charge is 0.271 e. The van der Waals surface area contributed by atoms with Crippen molar-refractivity contribution in [3.63, 3.8) is 0 Å². The number of aryl methyl sites for hydroxylation is 1. The topological polar surface area (TPSA) is 67.5 Å². The Bertz CT molecular complexity index is 1170. The van der Waals surface area contributed by atoms with Crippen molar-refractivity contribution in [3.05, 3.63) is 59.2 Å². The maximum absolute atomic E-state index is 13.7. The molecule has 0 saturated heterocycles. The molecule has 0 radical (unpaired) electrons. The number of furan rings is 1. The maximum atomic E-state index is 13.7. The lowest BCUT2D eigenvalue weighted by atomic mass is 9.91. The summed E-state index contributed by atoms with van der Waals surface area (Å²) in [5, 5.41) is 3.22. The number of amides is 2. The van der Waals surface area contributed by atoms with Crippen LogP contribution in [0.3, 0.4) is 0 Å². The van der Waals surface area contributed by atoms with Crippen LogP contribution in [0.1, 0.15) is 60.8 Å². The highest BCUT2D eigenvalue weighted by atomic mass is 19.1. The summed E-state index contributed by atoms with van der Waals surface area (Å²) in [4.78, 5) is 28.9. The van der Waals surface area contributed by atoms with Gasteiger partial charge in [-0.1, -0.05) is 31.4 Å². The minimum atomic E-state index is -1.09. The molecular weight excluding hydrogens is 409 g/mol. The molecule has 1 aromatic carbocycles. The summed E-state index contributed by atoms with van der Waals surface area (Å²) in [7, 11) is 0. The van der Waals surface area contributed by atoms with Gasteiger partial charge in [-0.2, -0.15) is 0 Å². The Hall–Kier alpha value is -3.09. The molecule has 1 aliphatic carbocycles. The van der Waals surface area contributed by atoms with E-state index >= 15 is 0 Å². The van der Waals surface area contributed by atoms with Crippen LogP contribution >= 0.6 is 0 Å². The van der Waals surface area contributed by atoms with Gasteiger partial charge in [-0.3, -0.25) is 9.59 Å². The van der Waals surface area contributed by atoms with Gasteiger partial charge in [-0.15, -0.1) is 0 Å². The number of fused-ring (bicyclic) bond motifs is 3. The second-order valence-corrected chi connectivity index (χ2v) is 9.32. The molecule has 2 aromatic heterocycles. The fourth-order valence-electron chi connectivity index (χ4n) is 5.07. The molecular formula is C25H28FN3O3. The minimum Gasteiger partial charge on any atom is -0.460 e. The van der Waals surface area contributed by atoms with Gasteiger partial charge in [-0.25, -0.2) is 4.39 Å². The molecule has 1 fully saturated rings. The fraction of sp³-hybridized carbons (Fsp3) is 0.440. The van der Waals surface area contributed by atoms with E-state index in [0.717, 1.165) is 42.5 Å². The quantitative estimate of drug-likeness (QED) is 0.651. The van der Waals surface area contributed by atoms with Crippen LogP contribution in [-0.4, -0.2) is 32.9 Å². The molecule has 0 bridgehead atoms. The summed E-state index contributed by atoms with van der Waals surface area (Å²) in [6, 6.07) is 9.86. The number of benzene rings is 1. The zero-order valence-electron chi connectivity index (χ0n) is 18.5. The first-order chi connectivity index (χ1) is 15.3. The van der Waals surface area contributed by atoms with Gasteiger partial charge in [0.1, 0.15) is 22.8 Å². The molecule has 1 atom stereocenters. The number of hydrogen-bond acceptors (Lipinski definition) is 3. The molecule has 32 heavy (non-hydrogen) atoms. The first-order valence-corrected chi connectivity index (χ1v) is 11.3. The minimum absolute atomic E-state index is 0.137. The summed E-state index contributed by atoms with van der Waals surface area (Å²) in [5.74, 6) is 0.0551. The van der Waals surface area contributed by atoms with E-state index in [2.05, 4.69) is 5.32 Å². The van der Waals surface area contributed by atoms with Crippen molar-refractivity contribution in [2.45, 2.75) is 70.6 Å². The van der Waals surface area contributed by atoms with Gasteiger partial charge >= 0.3 is 0 Å². The molecule has 1 N–H and O–H groups in total. The van der Waals surface area contributed by atoms with Crippen molar-refractivity contribution in [3.8, 4) is 0 Å². The molecule has 1 aliphatic heterocycles. The Labute approximate surface area is 186 Å². The van der Waals surface area contributed by atoms with E-state index in [1.807, 2.05) is 24.5 Å². The first-order valence-electron chi connectivity index (χ1n) is 11.3. The van der Waals surface area contributed by atoms with Crippen molar-refractivity contribution < 1.29 is 18.4 Å². The maximum Gasteiger partial charge on any atom is 0.271 e. The molecule has 3 aromatic rings. The Morgan fingerprint density at radius 1 is 1.19 bits per heavy atom. The fourth-order valence-corrected chi connectivity index (χ4v) is 5.07. The van der Waals surface area contributed by atoms with Crippen LogP contribution in [0.15, 0.2) is 40.8 Å². The zero-order valence-corrected chi connectivity index (χ0v) is 18.5. The molecule has 168 valence electrons.